The second-order valence-corrected chi connectivity index (χ2v) is 7.92. The number of hydrogen-bond donors (Lipinski definition) is 1. The van der Waals surface area contributed by atoms with Gasteiger partial charge < -0.3 is 10.2 Å². The molecule has 1 saturated carbocycles. The third-order valence-corrected chi connectivity index (χ3v) is 5.76. The highest BCUT2D eigenvalue weighted by atomic mass is 19.4. The van der Waals surface area contributed by atoms with E-state index in [9.17, 15) is 22.4 Å². The van der Waals surface area contributed by atoms with E-state index < -0.39 is 17.7 Å². The number of allylic oxidation sites excluding steroid dienone is 1. The maximum atomic E-state index is 13.9. The molecule has 2 bridgehead atoms. The second kappa shape index (κ2) is 7.94. The molecule has 0 atom stereocenters. The number of anilines is 1. The molecule has 2 aliphatic heterocycles. The van der Waals surface area contributed by atoms with Gasteiger partial charge in [0.15, 0.2) is 5.69 Å². The van der Waals surface area contributed by atoms with Gasteiger partial charge in [-0.1, -0.05) is 0 Å². The number of carbonyl (C=O) groups excluding carboxylic acids is 1. The molecule has 8 nitrogen and oxygen atoms in total. The van der Waals surface area contributed by atoms with Crippen LogP contribution in [0.25, 0.3) is 5.69 Å². The summed E-state index contributed by atoms with van der Waals surface area (Å²) in [4.78, 5) is 23.5. The fourth-order valence-electron chi connectivity index (χ4n) is 4.16. The zero-order chi connectivity index (χ0) is 23.2. The van der Waals surface area contributed by atoms with Crippen LogP contribution in [-0.2, 0) is 6.18 Å². The number of carbonyl (C=O) groups is 1. The Hall–Kier alpha value is -3.83. The highest BCUT2D eigenvalue weighted by molar-refractivity contribution is 5.99. The van der Waals surface area contributed by atoms with Crippen molar-refractivity contribution in [3.63, 3.8) is 0 Å². The Labute approximate surface area is 184 Å². The number of hydrogen-bond acceptors (Lipinski definition) is 6. The molecule has 170 valence electrons. The smallest absolute Gasteiger partial charge is 0.344 e. The molecule has 12 heteroatoms. The molecular formula is C21H17F4N7O. The van der Waals surface area contributed by atoms with Crippen molar-refractivity contribution in [2.75, 3.05) is 5.32 Å². The van der Waals surface area contributed by atoms with Gasteiger partial charge in [0, 0.05) is 24.0 Å². The summed E-state index contributed by atoms with van der Waals surface area (Å²) in [6, 6.07) is 3.77. The second-order valence-electron chi connectivity index (χ2n) is 7.92. The van der Waals surface area contributed by atoms with Gasteiger partial charge in [-0.25, -0.2) is 14.4 Å². The minimum absolute atomic E-state index is 0.0218. The lowest BCUT2D eigenvalue weighted by atomic mass is 9.72. The molecule has 3 fully saturated rings. The van der Waals surface area contributed by atoms with E-state index in [0.29, 0.717) is 24.2 Å². The van der Waals surface area contributed by atoms with Crippen molar-refractivity contribution in [1.82, 2.24) is 29.9 Å². The molecule has 1 N–H and O–H groups in total. The van der Waals surface area contributed by atoms with Crippen LogP contribution in [0.1, 0.15) is 35.3 Å². The number of nitrogens with zero attached hydrogens (tertiary/aromatic N) is 6. The van der Waals surface area contributed by atoms with E-state index in [0.717, 1.165) is 19.0 Å². The molecule has 4 heterocycles. The van der Waals surface area contributed by atoms with Crippen molar-refractivity contribution >= 4 is 11.7 Å². The molecule has 3 aromatic rings. The lowest BCUT2D eigenvalue weighted by Crippen LogP contribution is -2.52. The minimum atomic E-state index is -4.58. The molecule has 2 saturated heterocycles. The Bertz CT molecular complexity index is 1200. The molecule has 1 aromatic carbocycles. The molecule has 6 rings (SSSR count). The number of benzene rings is 1. The van der Waals surface area contributed by atoms with Gasteiger partial charge in [-0.3, -0.25) is 4.79 Å². The first-order valence-electron chi connectivity index (χ1n) is 10.1. The van der Waals surface area contributed by atoms with Crippen LogP contribution in [-0.4, -0.2) is 41.8 Å². The zero-order valence-electron chi connectivity index (χ0n) is 17.0. The third kappa shape index (κ3) is 4.03. The fourth-order valence-corrected chi connectivity index (χ4v) is 4.16. The molecule has 0 unspecified atom stereocenters. The Kier molecular flexibility index (Phi) is 5.06. The number of aromatic nitrogens is 5. The average Bonchev–Trinajstić information content (AvgIpc) is 3.31. The number of alkyl halides is 3. The number of piperidine rings is 2. The van der Waals surface area contributed by atoms with Crippen LogP contribution in [0.15, 0.2) is 54.9 Å². The van der Waals surface area contributed by atoms with Gasteiger partial charge in [0.25, 0.3) is 5.91 Å². The maximum absolute atomic E-state index is 13.9. The molecule has 1 amide bonds. The standard InChI is InChI=1S/C21H17F4N7O/c22-13-1-2-16(17(8-13)32-29-3-4-30-32)20(33)31-14-5-12(6-14)7-15(31)9-27-19-11-26-18(10-28-19)21(23,24)25/h1-4,8-12,14H,5-7H2,(H,27,28)/b15-9+. The Morgan fingerprint density at radius 3 is 2.55 bits per heavy atom. The van der Waals surface area contributed by atoms with Gasteiger partial charge in [0.2, 0.25) is 0 Å². The highest BCUT2D eigenvalue weighted by Crippen LogP contribution is 2.45. The highest BCUT2D eigenvalue weighted by Gasteiger charge is 2.44. The third-order valence-electron chi connectivity index (χ3n) is 5.76. The Morgan fingerprint density at radius 1 is 1.12 bits per heavy atom. The molecule has 33 heavy (non-hydrogen) atoms. The van der Waals surface area contributed by atoms with Gasteiger partial charge in [-0.15, -0.1) is 0 Å². The molecular weight excluding hydrogens is 442 g/mol. The number of rotatable bonds is 4. The monoisotopic (exact) mass is 459 g/mol. The predicted molar refractivity (Wildman–Crippen MR) is 107 cm³/mol. The predicted octanol–water partition coefficient (Wildman–Crippen LogP) is 3.79. The van der Waals surface area contributed by atoms with Crippen LogP contribution in [0.3, 0.4) is 0 Å². The van der Waals surface area contributed by atoms with E-state index in [-0.39, 0.29) is 29.0 Å². The van der Waals surface area contributed by atoms with Gasteiger partial charge in [0.1, 0.15) is 17.3 Å². The fraction of sp³-hybridized carbons (Fsp3) is 0.286. The van der Waals surface area contributed by atoms with Gasteiger partial charge in [0.05, 0.1) is 30.4 Å². The average molecular weight is 459 g/mol. The number of nitrogens with one attached hydrogen (secondary N) is 1. The van der Waals surface area contributed by atoms with E-state index in [4.69, 9.17) is 0 Å². The Morgan fingerprint density at radius 2 is 1.88 bits per heavy atom. The largest absolute Gasteiger partial charge is 0.434 e. The van der Waals surface area contributed by atoms with E-state index in [1.807, 2.05) is 0 Å². The quantitative estimate of drug-likeness (QED) is 0.598. The SMILES string of the molecule is O=C(c1ccc(F)cc1-n1nccn1)N1/C(=C/Nc2cnc(C(F)(F)F)cn2)CC2CC1C2. The zero-order valence-corrected chi connectivity index (χ0v) is 17.0. The van der Waals surface area contributed by atoms with Gasteiger partial charge >= 0.3 is 6.18 Å². The van der Waals surface area contributed by atoms with Crippen LogP contribution < -0.4 is 5.32 Å². The summed E-state index contributed by atoms with van der Waals surface area (Å²) >= 11 is 0. The van der Waals surface area contributed by atoms with Crippen molar-refractivity contribution in [3.05, 3.63) is 72.0 Å². The van der Waals surface area contributed by atoms with Crippen molar-refractivity contribution in [2.45, 2.75) is 31.5 Å². The van der Waals surface area contributed by atoms with E-state index in [1.54, 1.807) is 11.1 Å². The molecule has 1 aliphatic carbocycles. The van der Waals surface area contributed by atoms with Gasteiger partial charge in [-0.2, -0.15) is 28.2 Å². The first-order chi connectivity index (χ1) is 15.8. The molecule has 2 aromatic heterocycles. The van der Waals surface area contributed by atoms with E-state index in [1.165, 1.54) is 35.4 Å². The van der Waals surface area contributed by atoms with Crippen molar-refractivity contribution in [2.24, 2.45) is 5.92 Å². The van der Waals surface area contributed by atoms with Crippen molar-refractivity contribution in [3.8, 4) is 5.69 Å². The van der Waals surface area contributed by atoms with Crippen LogP contribution in [0, 0.1) is 11.7 Å². The van der Waals surface area contributed by atoms with Gasteiger partial charge in [-0.05, 0) is 37.3 Å². The first-order valence-corrected chi connectivity index (χ1v) is 10.1. The molecule has 0 radical (unpaired) electrons. The van der Waals surface area contributed by atoms with E-state index >= 15 is 0 Å². The topological polar surface area (TPSA) is 88.8 Å². The van der Waals surface area contributed by atoms with Crippen molar-refractivity contribution < 1.29 is 22.4 Å². The summed E-state index contributed by atoms with van der Waals surface area (Å²) in [7, 11) is 0. The normalized spacial score (nSPS) is 21.1. The maximum Gasteiger partial charge on any atom is 0.434 e. The molecule has 0 spiro atoms. The van der Waals surface area contributed by atoms with Crippen LogP contribution in [0.4, 0.5) is 23.4 Å². The van der Waals surface area contributed by atoms with E-state index in [2.05, 4.69) is 25.5 Å². The first kappa shape index (κ1) is 21.0. The number of amides is 1. The van der Waals surface area contributed by atoms with Crippen molar-refractivity contribution in [1.29, 1.82) is 0 Å². The Balaban J connectivity index is 1.43. The van der Waals surface area contributed by atoms with Crippen LogP contribution in [0.2, 0.25) is 0 Å². The summed E-state index contributed by atoms with van der Waals surface area (Å²) in [5, 5.41) is 10.9. The summed E-state index contributed by atoms with van der Waals surface area (Å²) < 4.78 is 52.0. The molecule has 3 aliphatic rings. The summed E-state index contributed by atoms with van der Waals surface area (Å²) in [6.45, 7) is 0. The summed E-state index contributed by atoms with van der Waals surface area (Å²) in [5.41, 5.74) is 0.0240. The van der Waals surface area contributed by atoms with Crippen LogP contribution >= 0.6 is 0 Å². The minimum Gasteiger partial charge on any atom is -0.344 e. The summed E-state index contributed by atoms with van der Waals surface area (Å²) in [6.07, 6.45) is 3.77. The lowest BCUT2D eigenvalue weighted by Gasteiger charge is -2.50. The number of halogens is 4. The lowest BCUT2D eigenvalue weighted by molar-refractivity contribution is -0.141. The number of fused-ring (bicyclic) bond motifs is 2. The van der Waals surface area contributed by atoms with Crippen LogP contribution in [0.5, 0.6) is 0 Å². The summed E-state index contributed by atoms with van der Waals surface area (Å²) in [5.74, 6) is -0.326.